The van der Waals surface area contributed by atoms with Crippen molar-refractivity contribution < 1.29 is 4.63 Å². The van der Waals surface area contributed by atoms with Gasteiger partial charge in [-0.15, -0.1) is 0 Å². The number of nitrogens with one attached hydrogen (secondary N) is 1. The Balaban J connectivity index is 1.62. The molecule has 1 aliphatic heterocycles. The van der Waals surface area contributed by atoms with Crippen LogP contribution in [0.25, 0.3) is 0 Å². The van der Waals surface area contributed by atoms with E-state index in [4.69, 9.17) is 0 Å². The Morgan fingerprint density at radius 2 is 2.12 bits per heavy atom. The van der Waals surface area contributed by atoms with Gasteiger partial charge in [0.15, 0.2) is 0 Å². The lowest BCUT2D eigenvalue weighted by atomic mass is 10.1. The highest BCUT2D eigenvalue weighted by atomic mass is 16.6. The summed E-state index contributed by atoms with van der Waals surface area (Å²) in [5.74, 6) is 0.674. The van der Waals surface area contributed by atoms with E-state index in [0.717, 1.165) is 24.5 Å². The fraction of sp³-hybridized carbons (Fsp3) is 0.833. The van der Waals surface area contributed by atoms with Gasteiger partial charge in [0.2, 0.25) is 0 Å². The second-order valence-electron chi connectivity index (χ2n) is 5.04. The second kappa shape index (κ2) is 6.12. The lowest BCUT2D eigenvalue weighted by molar-refractivity contribution is 0.280. The number of nitrogens with zero attached hydrogens (tertiary/aromatic N) is 3. The predicted octanol–water partition coefficient (Wildman–Crippen LogP) is 1.20. The third kappa shape index (κ3) is 3.78. The Bertz CT molecular complexity index is 333. The fourth-order valence-corrected chi connectivity index (χ4v) is 2.32. The van der Waals surface area contributed by atoms with Crippen LogP contribution >= 0.6 is 0 Å². The molecule has 1 N–H and O–H groups in total. The Morgan fingerprint density at radius 3 is 2.76 bits per heavy atom. The summed E-state index contributed by atoms with van der Waals surface area (Å²) in [5, 5.41) is 11.0. The highest BCUT2D eigenvalue weighted by Gasteiger charge is 2.14. The molecule has 96 valence electrons. The molecular weight excluding hydrogens is 216 g/mol. The molecule has 1 fully saturated rings. The van der Waals surface area contributed by atoms with Gasteiger partial charge in [0.1, 0.15) is 11.4 Å². The molecule has 1 aromatic rings. The average molecular weight is 238 g/mol. The molecule has 1 aromatic heterocycles. The van der Waals surface area contributed by atoms with Gasteiger partial charge >= 0.3 is 0 Å². The molecule has 0 amide bonds. The van der Waals surface area contributed by atoms with Gasteiger partial charge < -0.3 is 10.2 Å². The van der Waals surface area contributed by atoms with E-state index in [-0.39, 0.29) is 0 Å². The van der Waals surface area contributed by atoms with Crippen molar-refractivity contribution in [3.05, 3.63) is 11.4 Å². The summed E-state index contributed by atoms with van der Waals surface area (Å²) in [6, 6.07) is 0. The van der Waals surface area contributed by atoms with Gasteiger partial charge in [-0.25, -0.2) is 4.63 Å². The van der Waals surface area contributed by atoms with Gasteiger partial charge in [0.25, 0.3) is 0 Å². The zero-order valence-electron chi connectivity index (χ0n) is 10.8. The van der Waals surface area contributed by atoms with Crippen molar-refractivity contribution in [3.8, 4) is 0 Å². The molecule has 0 aliphatic carbocycles. The minimum absolute atomic E-state index is 0.674. The van der Waals surface area contributed by atoms with Crippen molar-refractivity contribution in [1.29, 1.82) is 0 Å². The highest BCUT2D eigenvalue weighted by molar-refractivity contribution is 5.03. The molecule has 0 spiro atoms. The summed E-state index contributed by atoms with van der Waals surface area (Å²) in [6.07, 6.45) is 2.73. The molecule has 2 heterocycles. The topological polar surface area (TPSA) is 54.2 Å². The minimum Gasteiger partial charge on any atom is -0.311 e. The average Bonchev–Trinajstić information content (AvgIpc) is 2.91. The van der Waals surface area contributed by atoms with Gasteiger partial charge in [0.05, 0.1) is 0 Å². The van der Waals surface area contributed by atoms with Gasteiger partial charge in [0, 0.05) is 13.1 Å². The lowest BCUT2D eigenvalue weighted by Gasteiger charge is -2.20. The van der Waals surface area contributed by atoms with Crippen LogP contribution in [0.3, 0.4) is 0 Å². The van der Waals surface area contributed by atoms with E-state index < -0.39 is 0 Å². The summed E-state index contributed by atoms with van der Waals surface area (Å²) in [4.78, 5) is 2.55. The van der Waals surface area contributed by atoms with Crippen LogP contribution in [0, 0.1) is 12.8 Å². The normalized spacial score (nSPS) is 18.7. The molecule has 1 atom stereocenters. The van der Waals surface area contributed by atoms with Crippen LogP contribution in [-0.2, 0) is 6.54 Å². The molecule has 1 aliphatic rings. The maximum Gasteiger partial charge on any atom is 0.121 e. The molecule has 5 nitrogen and oxygen atoms in total. The predicted molar refractivity (Wildman–Crippen MR) is 65.6 cm³/mol. The third-order valence-electron chi connectivity index (χ3n) is 3.30. The molecule has 0 radical (unpaired) electrons. The van der Waals surface area contributed by atoms with Crippen LogP contribution in [0.1, 0.15) is 31.2 Å². The number of hydrogen-bond acceptors (Lipinski definition) is 5. The van der Waals surface area contributed by atoms with Gasteiger partial charge in [-0.05, 0) is 45.3 Å². The zero-order chi connectivity index (χ0) is 12.1. The Labute approximate surface area is 103 Å². The van der Waals surface area contributed by atoms with Crippen LogP contribution in [0.15, 0.2) is 4.63 Å². The van der Waals surface area contributed by atoms with Gasteiger partial charge in [-0.3, -0.25) is 0 Å². The Kier molecular flexibility index (Phi) is 4.50. The van der Waals surface area contributed by atoms with E-state index in [1.807, 2.05) is 6.92 Å². The first-order chi connectivity index (χ1) is 8.25. The van der Waals surface area contributed by atoms with Crippen molar-refractivity contribution in [3.63, 3.8) is 0 Å². The molecule has 1 saturated heterocycles. The van der Waals surface area contributed by atoms with Gasteiger partial charge in [-0.2, -0.15) is 0 Å². The standard InChI is InChI=1S/C12H22N4O/c1-10(9-16-5-3-4-6-16)7-13-8-12-11(2)14-17-15-12/h10,13H,3-9H2,1-2H3. The number of rotatable bonds is 6. The smallest absolute Gasteiger partial charge is 0.121 e. The quantitative estimate of drug-likeness (QED) is 0.807. The SMILES string of the molecule is Cc1nonc1CNCC(C)CN1CCCC1. The second-order valence-corrected chi connectivity index (χ2v) is 5.04. The monoisotopic (exact) mass is 238 g/mol. The molecule has 5 heteroatoms. The van der Waals surface area contributed by atoms with Crippen LogP contribution < -0.4 is 5.32 Å². The van der Waals surface area contributed by atoms with Crippen molar-refractivity contribution in [2.45, 2.75) is 33.2 Å². The van der Waals surface area contributed by atoms with E-state index in [1.165, 1.54) is 32.5 Å². The van der Waals surface area contributed by atoms with Crippen LogP contribution in [0.2, 0.25) is 0 Å². The summed E-state index contributed by atoms with van der Waals surface area (Å²) < 4.78 is 4.66. The molecule has 1 unspecified atom stereocenters. The molecule has 2 rings (SSSR count). The summed E-state index contributed by atoms with van der Waals surface area (Å²) in [7, 11) is 0. The maximum atomic E-state index is 4.66. The molecule has 17 heavy (non-hydrogen) atoms. The number of aryl methyl sites for hydroxylation is 1. The van der Waals surface area contributed by atoms with E-state index in [9.17, 15) is 0 Å². The first-order valence-corrected chi connectivity index (χ1v) is 6.47. The Hall–Kier alpha value is -0.940. The Morgan fingerprint density at radius 1 is 1.35 bits per heavy atom. The van der Waals surface area contributed by atoms with Crippen molar-refractivity contribution >= 4 is 0 Å². The van der Waals surface area contributed by atoms with E-state index >= 15 is 0 Å². The van der Waals surface area contributed by atoms with Gasteiger partial charge in [-0.1, -0.05) is 17.2 Å². The summed E-state index contributed by atoms with van der Waals surface area (Å²) >= 11 is 0. The first-order valence-electron chi connectivity index (χ1n) is 6.47. The number of aromatic nitrogens is 2. The number of hydrogen-bond donors (Lipinski definition) is 1. The van der Waals surface area contributed by atoms with Crippen LogP contribution in [0.4, 0.5) is 0 Å². The molecular formula is C12H22N4O. The van der Waals surface area contributed by atoms with Crippen LogP contribution in [0.5, 0.6) is 0 Å². The number of likely N-dealkylation sites (tertiary alicyclic amines) is 1. The van der Waals surface area contributed by atoms with E-state index in [1.54, 1.807) is 0 Å². The molecule has 0 aromatic carbocycles. The lowest BCUT2D eigenvalue weighted by Crippen LogP contribution is -2.31. The van der Waals surface area contributed by atoms with E-state index in [0.29, 0.717) is 5.92 Å². The maximum absolute atomic E-state index is 4.66. The fourth-order valence-electron chi connectivity index (χ4n) is 2.32. The van der Waals surface area contributed by atoms with Crippen molar-refractivity contribution in [2.75, 3.05) is 26.2 Å². The minimum atomic E-state index is 0.674. The summed E-state index contributed by atoms with van der Waals surface area (Å²) in [6.45, 7) is 9.72. The summed E-state index contributed by atoms with van der Waals surface area (Å²) in [5.41, 5.74) is 1.79. The van der Waals surface area contributed by atoms with Crippen molar-refractivity contribution in [2.24, 2.45) is 5.92 Å². The third-order valence-corrected chi connectivity index (χ3v) is 3.30. The van der Waals surface area contributed by atoms with Crippen LogP contribution in [-0.4, -0.2) is 41.4 Å². The van der Waals surface area contributed by atoms with Crippen molar-refractivity contribution in [1.82, 2.24) is 20.5 Å². The molecule has 0 saturated carbocycles. The highest BCUT2D eigenvalue weighted by Crippen LogP contribution is 2.09. The van der Waals surface area contributed by atoms with E-state index in [2.05, 4.69) is 32.1 Å². The first kappa shape index (κ1) is 12.5. The zero-order valence-corrected chi connectivity index (χ0v) is 10.8. The largest absolute Gasteiger partial charge is 0.311 e. The molecule has 0 bridgehead atoms.